The molecule has 3 nitrogen and oxygen atoms in total. The Labute approximate surface area is 57.7 Å². The Bertz CT molecular complexity index is 141. The number of carboxylic acids is 1. The third-order valence-electron chi connectivity index (χ3n) is 0.728. The molecule has 0 saturated carbocycles. The van der Waals surface area contributed by atoms with Gasteiger partial charge in [-0.1, -0.05) is 12.2 Å². The lowest BCUT2D eigenvalue weighted by molar-refractivity contribution is -0.149. The lowest BCUT2D eigenvalue weighted by atomic mass is 10.2. The number of Topliss-reactive ketones (excluding diaryl/α,β-unsaturated/α-hetero) is 1. The second-order valence-corrected chi connectivity index (χ2v) is 1.77. The Balaban J connectivity index is 3.51. The van der Waals surface area contributed by atoms with Crippen molar-refractivity contribution in [1.29, 1.82) is 0 Å². The van der Waals surface area contributed by atoms with E-state index in [1.807, 2.05) is 0 Å². The molecule has 0 aliphatic carbocycles. The number of rotatable bonds is 4. The number of hydrogen-bond donors (Lipinski definition) is 1. The van der Waals surface area contributed by atoms with Crippen molar-refractivity contribution < 1.29 is 14.7 Å². The van der Waals surface area contributed by atoms with Crippen LogP contribution in [0.5, 0.6) is 0 Å². The predicted octanol–water partition coefficient (Wildman–Crippen LogP) is 0.420. The van der Waals surface area contributed by atoms with Gasteiger partial charge < -0.3 is 5.11 Å². The van der Waals surface area contributed by atoms with E-state index in [2.05, 4.69) is 12.2 Å². The molecule has 0 amide bonds. The van der Waals surface area contributed by atoms with Gasteiger partial charge in [-0.15, -0.1) is 0 Å². The fraction of sp³-hybridized carbons (Fsp3) is 0.400. The van der Waals surface area contributed by atoms with Gasteiger partial charge in [-0.05, 0) is 11.8 Å². The molecule has 1 N–H and O–H groups in total. The monoisotopic (exact) mass is 146 g/mol. The average Bonchev–Trinajstić information content (AvgIpc) is 1.82. The highest BCUT2D eigenvalue weighted by Gasteiger charge is 2.08. The fourth-order valence-corrected chi connectivity index (χ4v) is 0.415. The van der Waals surface area contributed by atoms with Crippen LogP contribution in [0, 0.1) is 0 Å². The van der Waals surface area contributed by atoms with Crippen LogP contribution in [0.3, 0.4) is 0 Å². The van der Waals surface area contributed by atoms with E-state index in [1.165, 1.54) is 5.37 Å². The van der Waals surface area contributed by atoms with Crippen LogP contribution >= 0.6 is 12.2 Å². The molecular formula is C5H6O3S. The van der Waals surface area contributed by atoms with E-state index in [0.717, 1.165) is 0 Å². The molecule has 0 radical (unpaired) electrons. The summed E-state index contributed by atoms with van der Waals surface area (Å²) in [5.74, 6) is -2.16. The van der Waals surface area contributed by atoms with Crippen molar-refractivity contribution in [3.05, 3.63) is 0 Å². The first-order valence-corrected chi connectivity index (χ1v) is 2.85. The molecule has 0 heterocycles. The SMILES string of the molecule is O=C(O)C(=O)CCC=S. The average molecular weight is 146 g/mol. The van der Waals surface area contributed by atoms with Crippen molar-refractivity contribution >= 4 is 29.3 Å². The molecule has 0 aromatic rings. The van der Waals surface area contributed by atoms with Gasteiger partial charge in [0.1, 0.15) is 0 Å². The number of aliphatic carboxylic acids is 1. The summed E-state index contributed by atoms with van der Waals surface area (Å²) in [5, 5.41) is 9.36. The summed E-state index contributed by atoms with van der Waals surface area (Å²) in [4.78, 5) is 20.0. The summed E-state index contributed by atoms with van der Waals surface area (Å²) in [6.45, 7) is 0. The molecule has 0 unspecified atom stereocenters. The Morgan fingerprint density at radius 3 is 2.44 bits per heavy atom. The van der Waals surface area contributed by atoms with Crippen LogP contribution in [0.2, 0.25) is 0 Å². The standard InChI is InChI=1S/C5H6O3S/c6-4(5(7)8)2-1-3-9/h3H,1-2H2,(H,7,8). The number of thiocarbonyl (C=S) groups is 1. The quantitative estimate of drug-likeness (QED) is 0.461. The second-order valence-electron chi connectivity index (χ2n) is 1.43. The van der Waals surface area contributed by atoms with Crippen LogP contribution < -0.4 is 0 Å². The normalized spacial score (nSPS) is 8.44. The van der Waals surface area contributed by atoms with Gasteiger partial charge in [-0.2, -0.15) is 0 Å². The molecule has 0 bridgehead atoms. The lowest BCUT2D eigenvalue weighted by Crippen LogP contribution is -2.11. The van der Waals surface area contributed by atoms with Crippen LogP contribution in [0.1, 0.15) is 12.8 Å². The molecule has 50 valence electrons. The first-order chi connectivity index (χ1) is 4.18. The molecule has 0 aromatic heterocycles. The van der Waals surface area contributed by atoms with E-state index in [0.29, 0.717) is 6.42 Å². The van der Waals surface area contributed by atoms with Crippen molar-refractivity contribution in [2.24, 2.45) is 0 Å². The second kappa shape index (κ2) is 4.14. The number of ketones is 1. The van der Waals surface area contributed by atoms with Crippen LogP contribution in [-0.4, -0.2) is 22.2 Å². The Morgan fingerprint density at radius 2 is 2.11 bits per heavy atom. The summed E-state index contributed by atoms with van der Waals surface area (Å²) in [5.41, 5.74) is 0. The van der Waals surface area contributed by atoms with Crippen molar-refractivity contribution in [3.8, 4) is 0 Å². The molecule has 0 spiro atoms. The van der Waals surface area contributed by atoms with Crippen molar-refractivity contribution in [3.63, 3.8) is 0 Å². The Kier molecular flexibility index (Phi) is 3.79. The highest BCUT2D eigenvalue weighted by molar-refractivity contribution is 7.78. The molecular weight excluding hydrogens is 140 g/mol. The van der Waals surface area contributed by atoms with Gasteiger partial charge in [0.2, 0.25) is 5.78 Å². The number of hydrogen-bond acceptors (Lipinski definition) is 3. The summed E-state index contributed by atoms with van der Waals surface area (Å²) >= 11 is 4.39. The molecule has 0 saturated heterocycles. The molecule has 0 aromatic carbocycles. The van der Waals surface area contributed by atoms with Crippen molar-refractivity contribution in [2.75, 3.05) is 0 Å². The third kappa shape index (κ3) is 3.78. The van der Waals surface area contributed by atoms with Gasteiger partial charge in [0.25, 0.3) is 0 Å². The van der Waals surface area contributed by atoms with Gasteiger partial charge in [0.15, 0.2) is 0 Å². The minimum atomic E-state index is -1.38. The maximum absolute atomic E-state index is 10.2. The predicted molar refractivity (Wildman–Crippen MR) is 35.5 cm³/mol. The van der Waals surface area contributed by atoms with Gasteiger partial charge in [-0.3, -0.25) is 4.79 Å². The van der Waals surface area contributed by atoms with Gasteiger partial charge >= 0.3 is 5.97 Å². The van der Waals surface area contributed by atoms with E-state index in [-0.39, 0.29) is 6.42 Å². The Hall–Kier alpha value is -0.770. The number of carbonyl (C=O) groups is 2. The maximum Gasteiger partial charge on any atom is 0.372 e. The first-order valence-electron chi connectivity index (χ1n) is 2.38. The topological polar surface area (TPSA) is 54.4 Å². The van der Waals surface area contributed by atoms with Crippen LogP contribution in [-0.2, 0) is 9.59 Å². The minimum Gasteiger partial charge on any atom is -0.476 e. The van der Waals surface area contributed by atoms with Crippen LogP contribution in [0.4, 0.5) is 0 Å². The summed E-state index contributed by atoms with van der Waals surface area (Å²) in [6.07, 6.45) is 0.374. The lowest BCUT2D eigenvalue weighted by Gasteiger charge is -1.86. The zero-order chi connectivity index (χ0) is 7.28. The molecule has 0 atom stereocenters. The van der Waals surface area contributed by atoms with E-state index >= 15 is 0 Å². The van der Waals surface area contributed by atoms with E-state index in [9.17, 15) is 9.59 Å². The van der Waals surface area contributed by atoms with Crippen molar-refractivity contribution in [1.82, 2.24) is 0 Å². The van der Waals surface area contributed by atoms with Crippen LogP contribution in [0.25, 0.3) is 0 Å². The van der Waals surface area contributed by atoms with Crippen LogP contribution in [0.15, 0.2) is 0 Å². The zero-order valence-electron chi connectivity index (χ0n) is 4.66. The van der Waals surface area contributed by atoms with E-state index < -0.39 is 11.8 Å². The maximum atomic E-state index is 10.2. The van der Waals surface area contributed by atoms with Gasteiger partial charge in [-0.25, -0.2) is 4.79 Å². The van der Waals surface area contributed by atoms with E-state index in [4.69, 9.17) is 5.11 Å². The van der Waals surface area contributed by atoms with Gasteiger partial charge in [0.05, 0.1) is 0 Å². The molecule has 4 heteroatoms. The molecule has 0 fully saturated rings. The van der Waals surface area contributed by atoms with E-state index in [1.54, 1.807) is 0 Å². The smallest absolute Gasteiger partial charge is 0.372 e. The number of carboxylic acid groups (broad SMARTS) is 1. The number of carbonyl (C=O) groups excluding carboxylic acids is 1. The highest BCUT2D eigenvalue weighted by atomic mass is 32.1. The minimum absolute atomic E-state index is 0.0127. The summed E-state index contributed by atoms with van der Waals surface area (Å²) in [6, 6.07) is 0. The molecule has 0 aliphatic rings. The molecule has 9 heavy (non-hydrogen) atoms. The third-order valence-corrected chi connectivity index (χ3v) is 0.963. The molecule has 0 aliphatic heterocycles. The zero-order valence-corrected chi connectivity index (χ0v) is 5.48. The fourth-order valence-electron chi connectivity index (χ4n) is 0.297. The highest BCUT2D eigenvalue weighted by Crippen LogP contribution is 1.87. The summed E-state index contributed by atoms with van der Waals surface area (Å²) in [7, 11) is 0. The van der Waals surface area contributed by atoms with Gasteiger partial charge in [0, 0.05) is 6.42 Å². The molecule has 0 rings (SSSR count). The Morgan fingerprint density at radius 1 is 1.56 bits per heavy atom. The summed E-state index contributed by atoms with van der Waals surface area (Å²) < 4.78 is 0. The first kappa shape index (κ1) is 8.23. The van der Waals surface area contributed by atoms with Crippen molar-refractivity contribution in [2.45, 2.75) is 12.8 Å². The largest absolute Gasteiger partial charge is 0.476 e.